The van der Waals surface area contributed by atoms with Gasteiger partial charge in [-0.05, 0) is 43.7 Å². The largest absolute Gasteiger partial charge is 0.368 e. The van der Waals surface area contributed by atoms with Crippen LogP contribution >= 0.6 is 0 Å². The van der Waals surface area contributed by atoms with Crippen LogP contribution in [-0.4, -0.2) is 39.5 Å². The Morgan fingerprint density at radius 3 is 2.80 bits per heavy atom. The van der Waals surface area contributed by atoms with E-state index < -0.39 is 0 Å². The van der Waals surface area contributed by atoms with Gasteiger partial charge in [0.25, 0.3) is 0 Å². The van der Waals surface area contributed by atoms with Gasteiger partial charge in [0.05, 0.1) is 12.1 Å². The van der Waals surface area contributed by atoms with Crippen molar-refractivity contribution in [3.05, 3.63) is 65.4 Å². The molecular formula is C20H22N4O. The number of aryl methyl sites for hydroxylation is 2. The molecule has 25 heavy (non-hydrogen) atoms. The maximum absolute atomic E-state index is 5.94. The van der Waals surface area contributed by atoms with Crippen LogP contribution < -0.4 is 0 Å². The third-order valence-electron chi connectivity index (χ3n) is 4.51. The average molecular weight is 334 g/mol. The molecule has 1 saturated heterocycles. The minimum absolute atomic E-state index is 0.0607. The number of hydrogen-bond donors (Lipinski definition) is 0. The Morgan fingerprint density at radius 1 is 1.12 bits per heavy atom. The SMILES string of the molecule is Cc1cc(C)nc([C@H]2CN(Cc3ccc4ncccc4c3)CCO2)n1. The summed E-state index contributed by atoms with van der Waals surface area (Å²) in [6.07, 6.45) is 1.77. The van der Waals surface area contributed by atoms with E-state index in [0.29, 0.717) is 6.61 Å². The van der Waals surface area contributed by atoms with Crippen molar-refractivity contribution in [2.24, 2.45) is 0 Å². The summed E-state index contributed by atoms with van der Waals surface area (Å²) in [6, 6.07) is 12.6. The molecule has 5 nitrogen and oxygen atoms in total. The van der Waals surface area contributed by atoms with Crippen molar-refractivity contribution < 1.29 is 4.74 Å². The standard InChI is InChI=1S/C20H22N4O/c1-14-10-15(2)23-20(22-14)19-13-24(8-9-25-19)12-16-5-6-18-17(11-16)4-3-7-21-18/h3-7,10-11,19H,8-9,12-13H2,1-2H3/t19-/m1/s1. The van der Waals surface area contributed by atoms with Crippen LogP contribution in [0.4, 0.5) is 0 Å². The summed E-state index contributed by atoms with van der Waals surface area (Å²) in [7, 11) is 0. The van der Waals surface area contributed by atoms with E-state index in [1.165, 1.54) is 10.9 Å². The fraction of sp³-hybridized carbons (Fsp3) is 0.350. The van der Waals surface area contributed by atoms with Crippen LogP contribution in [-0.2, 0) is 11.3 Å². The first-order valence-corrected chi connectivity index (χ1v) is 8.67. The van der Waals surface area contributed by atoms with Crippen molar-refractivity contribution in [2.75, 3.05) is 19.7 Å². The van der Waals surface area contributed by atoms with Crippen molar-refractivity contribution in [1.29, 1.82) is 0 Å². The van der Waals surface area contributed by atoms with Crippen LogP contribution in [0.3, 0.4) is 0 Å². The third kappa shape index (κ3) is 3.67. The minimum atomic E-state index is -0.0607. The second kappa shape index (κ2) is 6.86. The molecule has 0 amide bonds. The van der Waals surface area contributed by atoms with E-state index in [2.05, 4.69) is 44.1 Å². The van der Waals surface area contributed by atoms with Crippen LogP contribution in [0.1, 0.15) is 28.9 Å². The Balaban J connectivity index is 1.50. The quantitative estimate of drug-likeness (QED) is 0.736. The molecule has 0 spiro atoms. The number of morpholine rings is 1. The van der Waals surface area contributed by atoms with Gasteiger partial charge in [-0.25, -0.2) is 9.97 Å². The van der Waals surface area contributed by atoms with Crippen molar-refractivity contribution in [2.45, 2.75) is 26.5 Å². The average Bonchev–Trinajstić information content (AvgIpc) is 2.61. The molecule has 4 rings (SSSR count). The van der Waals surface area contributed by atoms with Crippen LogP contribution in [0.25, 0.3) is 10.9 Å². The number of hydrogen-bond acceptors (Lipinski definition) is 5. The van der Waals surface area contributed by atoms with Crippen LogP contribution in [0.15, 0.2) is 42.6 Å². The molecule has 0 bridgehead atoms. The molecule has 1 aliphatic heterocycles. The molecule has 128 valence electrons. The van der Waals surface area contributed by atoms with Gasteiger partial charge in [0.1, 0.15) is 6.10 Å². The molecule has 0 radical (unpaired) electrons. The summed E-state index contributed by atoms with van der Waals surface area (Å²) < 4.78 is 5.94. The molecule has 0 unspecified atom stereocenters. The van der Waals surface area contributed by atoms with Gasteiger partial charge in [-0.1, -0.05) is 12.1 Å². The summed E-state index contributed by atoms with van der Waals surface area (Å²) >= 11 is 0. The highest BCUT2D eigenvalue weighted by Crippen LogP contribution is 2.22. The Bertz CT molecular complexity index is 876. The van der Waals surface area contributed by atoms with Crippen LogP contribution in [0.2, 0.25) is 0 Å². The molecule has 1 aromatic carbocycles. The molecule has 0 saturated carbocycles. The number of benzene rings is 1. The Labute approximate surface area is 147 Å². The molecule has 5 heteroatoms. The van der Waals surface area contributed by atoms with Gasteiger partial charge in [-0.2, -0.15) is 0 Å². The van der Waals surface area contributed by atoms with Gasteiger partial charge in [0, 0.05) is 42.6 Å². The zero-order valence-corrected chi connectivity index (χ0v) is 14.6. The number of fused-ring (bicyclic) bond motifs is 1. The topological polar surface area (TPSA) is 51.1 Å². The van der Waals surface area contributed by atoms with Crippen molar-refractivity contribution in [1.82, 2.24) is 19.9 Å². The van der Waals surface area contributed by atoms with E-state index in [-0.39, 0.29) is 6.10 Å². The van der Waals surface area contributed by atoms with E-state index in [0.717, 1.165) is 42.4 Å². The number of nitrogens with zero attached hydrogens (tertiary/aromatic N) is 4. The molecule has 1 fully saturated rings. The number of rotatable bonds is 3. The fourth-order valence-electron chi connectivity index (χ4n) is 3.38. The van der Waals surface area contributed by atoms with Gasteiger partial charge in [-0.15, -0.1) is 0 Å². The van der Waals surface area contributed by atoms with E-state index >= 15 is 0 Å². The van der Waals surface area contributed by atoms with E-state index in [1.54, 1.807) is 0 Å². The summed E-state index contributed by atoms with van der Waals surface area (Å²) in [4.78, 5) is 15.9. The first kappa shape index (κ1) is 16.1. The highest BCUT2D eigenvalue weighted by Gasteiger charge is 2.24. The zero-order valence-electron chi connectivity index (χ0n) is 14.6. The number of pyridine rings is 1. The molecule has 2 aromatic heterocycles. The summed E-state index contributed by atoms with van der Waals surface area (Å²) in [6.45, 7) is 7.34. The highest BCUT2D eigenvalue weighted by atomic mass is 16.5. The normalized spacial score (nSPS) is 18.6. The van der Waals surface area contributed by atoms with Crippen LogP contribution in [0, 0.1) is 13.8 Å². The van der Waals surface area contributed by atoms with Crippen molar-refractivity contribution in [3.63, 3.8) is 0 Å². The minimum Gasteiger partial charge on any atom is -0.368 e. The number of ether oxygens (including phenoxy) is 1. The molecule has 1 aliphatic rings. The lowest BCUT2D eigenvalue weighted by Gasteiger charge is -2.32. The zero-order chi connectivity index (χ0) is 17.2. The Hall–Kier alpha value is -2.37. The van der Waals surface area contributed by atoms with Gasteiger partial charge >= 0.3 is 0 Å². The second-order valence-corrected chi connectivity index (χ2v) is 6.63. The Morgan fingerprint density at radius 2 is 1.96 bits per heavy atom. The molecule has 3 heterocycles. The van der Waals surface area contributed by atoms with E-state index in [1.807, 2.05) is 32.2 Å². The van der Waals surface area contributed by atoms with Gasteiger partial charge < -0.3 is 4.74 Å². The lowest BCUT2D eigenvalue weighted by molar-refractivity contribution is -0.0373. The first-order chi connectivity index (χ1) is 12.2. The lowest BCUT2D eigenvalue weighted by atomic mass is 10.1. The molecular weight excluding hydrogens is 312 g/mol. The Kier molecular flexibility index (Phi) is 4.42. The molecule has 0 N–H and O–H groups in total. The first-order valence-electron chi connectivity index (χ1n) is 8.67. The van der Waals surface area contributed by atoms with E-state index in [9.17, 15) is 0 Å². The van der Waals surface area contributed by atoms with Crippen molar-refractivity contribution >= 4 is 10.9 Å². The van der Waals surface area contributed by atoms with Gasteiger partial charge in [-0.3, -0.25) is 9.88 Å². The monoisotopic (exact) mass is 334 g/mol. The highest BCUT2D eigenvalue weighted by molar-refractivity contribution is 5.78. The predicted molar refractivity (Wildman–Crippen MR) is 97.2 cm³/mol. The van der Waals surface area contributed by atoms with E-state index in [4.69, 9.17) is 4.74 Å². The smallest absolute Gasteiger partial charge is 0.158 e. The lowest BCUT2D eigenvalue weighted by Crippen LogP contribution is -2.38. The molecule has 1 atom stereocenters. The summed E-state index contributed by atoms with van der Waals surface area (Å²) in [5.41, 5.74) is 4.31. The van der Waals surface area contributed by atoms with Gasteiger partial charge in [0.15, 0.2) is 5.82 Å². The summed E-state index contributed by atoms with van der Waals surface area (Å²) in [5.74, 6) is 0.796. The van der Waals surface area contributed by atoms with Crippen molar-refractivity contribution in [3.8, 4) is 0 Å². The van der Waals surface area contributed by atoms with Gasteiger partial charge in [0.2, 0.25) is 0 Å². The maximum atomic E-state index is 5.94. The van der Waals surface area contributed by atoms with Crippen LogP contribution in [0.5, 0.6) is 0 Å². The second-order valence-electron chi connectivity index (χ2n) is 6.63. The predicted octanol–water partition coefficient (Wildman–Crippen LogP) is 3.22. The maximum Gasteiger partial charge on any atom is 0.158 e. The third-order valence-corrected chi connectivity index (χ3v) is 4.51. The molecule has 0 aliphatic carbocycles. The number of aromatic nitrogens is 3. The fourth-order valence-corrected chi connectivity index (χ4v) is 3.38. The summed E-state index contributed by atoms with van der Waals surface area (Å²) in [5, 5.41) is 1.18. The molecule has 3 aromatic rings.